The summed E-state index contributed by atoms with van der Waals surface area (Å²) in [5.41, 5.74) is 1.02. The molecule has 2 amide bonds. The predicted molar refractivity (Wildman–Crippen MR) is 90.3 cm³/mol. The third-order valence-electron chi connectivity index (χ3n) is 4.28. The highest BCUT2D eigenvalue weighted by atomic mass is 35.5. The van der Waals surface area contributed by atoms with Gasteiger partial charge in [-0.05, 0) is 44.5 Å². The summed E-state index contributed by atoms with van der Waals surface area (Å²) in [5.74, 6) is 0.487. The number of anilines is 1. The molecule has 126 valence electrons. The number of amides is 2. The molecule has 3 N–H and O–H groups in total. The molecule has 1 aromatic carbocycles. The second-order valence-corrected chi connectivity index (χ2v) is 5.98. The maximum Gasteiger partial charge on any atom is 0.265 e. The van der Waals surface area contributed by atoms with Crippen LogP contribution in [0.5, 0.6) is 5.75 Å². The molecule has 0 bridgehead atoms. The van der Waals surface area contributed by atoms with Gasteiger partial charge in [-0.25, -0.2) is 0 Å². The number of para-hydroxylation sites is 1. The molecular weight excluding hydrogens is 318 g/mol. The fraction of sp³-hybridized carbons (Fsp3) is 0.500. The minimum absolute atomic E-state index is 0. The first-order chi connectivity index (χ1) is 10.6. The van der Waals surface area contributed by atoms with Gasteiger partial charge in [-0.2, -0.15) is 0 Å². The molecule has 7 heteroatoms. The third kappa shape index (κ3) is 3.59. The Balaban J connectivity index is 0.00000192. The number of nitrogens with one attached hydrogen (secondary N) is 3. The number of hydrogen-bond acceptors (Lipinski definition) is 4. The van der Waals surface area contributed by atoms with Crippen molar-refractivity contribution in [3.05, 3.63) is 23.8 Å². The third-order valence-corrected chi connectivity index (χ3v) is 4.28. The molecule has 2 heterocycles. The van der Waals surface area contributed by atoms with Crippen molar-refractivity contribution in [2.24, 2.45) is 5.92 Å². The fourth-order valence-electron chi connectivity index (χ4n) is 2.88. The Hall–Kier alpha value is -1.79. The Kier molecular flexibility index (Phi) is 5.49. The normalized spacial score (nSPS) is 26.2. The lowest BCUT2D eigenvalue weighted by atomic mass is 9.95. The van der Waals surface area contributed by atoms with Crippen molar-refractivity contribution in [2.75, 3.05) is 18.4 Å². The molecule has 6 nitrogen and oxygen atoms in total. The molecule has 23 heavy (non-hydrogen) atoms. The van der Waals surface area contributed by atoms with Gasteiger partial charge >= 0.3 is 0 Å². The van der Waals surface area contributed by atoms with Crippen LogP contribution in [0.15, 0.2) is 18.2 Å². The van der Waals surface area contributed by atoms with E-state index in [-0.39, 0.29) is 30.3 Å². The molecule has 1 fully saturated rings. The average molecular weight is 340 g/mol. The highest BCUT2D eigenvalue weighted by Crippen LogP contribution is 2.33. The summed E-state index contributed by atoms with van der Waals surface area (Å²) in [6.45, 7) is 5.60. The SMILES string of the molecule is CC1Oc2c(cccc2C(=O)NC2CCNCC2C)NC1=O.Cl. The lowest BCUT2D eigenvalue weighted by molar-refractivity contribution is -0.122. The topological polar surface area (TPSA) is 79.5 Å². The smallest absolute Gasteiger partial charge is 0.265 e. The van der Waals surface area contributed by atoms with E-state index in [0.717, 1.165) is 19.5 Å². The van der Waals surface area contributed by atoms with Gasteiger partial charge in [0, 0.05) is 6.04 Å². The second-order valence-electron chi connectivity index (χ2n) is 5.98. The van der Waals surface area contributed by atoms with Crippen LogP contribution in [-0.2, 0) is 4.79 Å². The summed E-state index contributed by atoms with van der Waals surface area (Å²) >= 11 is 0. The predicted octanol–water partition coefficient (Wildman–Crippen LogP) is 1.56. The van der Waals surface area contributed by atoms with Crippen molar-refractivity contribution in [2.45, 2.75) is 32.4 Å². The summed E-state index contributed by atoms with van der Waals surface area (Å²) < 4.78 is 5.63. The van der Waals surface area contributed by atoms with Crippen LogP contribution in [0.25, 0.3) is 0 Å². The number of piperidine rings is 1. The number of halogens is 1. The molecular formula is C16H22ClN3O3. The molecule has 0 spiro atoms. The minimum atomic E-state index is -0.598. The van der Waals surface area contributed by atoms with Crippen LogP contribution in [0, 0.1) is 5.92 Å². The van der Waals surface area contributed by atoms with Crippen molar-refractivity contribution in [1.82, 2.24) is 10.6 Å². The zero-order valence-corrected chi connectivity index (χ0v) is 14.0. The number of fused-ring (bicyclic) bond motifs is 1. The van der Waals surface area contributed by atoms with E-state index in [2.05, 4.69) is 22.9 Å². The van der Waals surface area contributed by atoms with Gasteiger partial charge in [0.25, 0.3) is 11.8 Å². The monoisotopic (exact) mass is 339 g/mol. The van der Waals surface area contributed by atoms with Crippen molar-refractivity contribution in [1.29, 1.82) is 0 Å². The van der Waals surface area contributed by atoms with Crippen molar-refractivity contribution in [3.63, 3.8) is 0 Å². The Morgan fingerprint density at radius 1 is 1.35 bits per heavy atom. The largest absolute Gasteiger partial charge is 0.478 e. The number of carbonyl (C=O) groups excluding carboxylic acids is 2. The van der Waals surface area contributed by atoms with Crippen LogP contribution in [0.2, 0.25) is 0 Å². The molecule has 0 saturated carbocycles. The quantitative estimate of drug-likeness (QED) is 0.764. The van der Waals surface area contributed by atoms with Crippen LogP contribution in [0.4, 0.5) is 5.69 Å². The van der Waals surface area contributed by atoms with E-state index in [1.165, 1.54) is 0 Å². The Bertz CT molecular complexity index is 608. The molecule has 0 aliphatic carbocycles. The highest BCUT2D eigenvalue weighted by Gasteiger charge is 2.29. The summed E-state index contributed by atoms with van der Waals surface area (Å²) in [7, 11) is 0. The minimum Gasteiger partial charge on any atom is -0.478 e. The molecule has 1 aromatic rings. The summed E-state index contributed by atoms with van der Waals surface area (Å²) in [4.78, 5) is 24.2. The molecule has 0 radical (unpaired) electrons. The van der Waals surface area contributed by atoms with Crippen LogP contribution >= 0.6 is 12.4 Å². The lowest BCUT2D eigenvalue weighted by Gasteiger charge is -2.31. The first-order valence-corrected chi connectivity index (χ1v) is 7.68. The first-order valence-electron chi connectivity index (χ1n) is 7.68. The maximum absolute atomic E-state index is 12.6. The van der Waals surface area contributed by atoms with Gasteiger partial charge in [0.15, 0.2) is 11.9 Å². The number of rotatable bonds is 2. The molecule has 2 aliphatic rings. The fourth-order valence-corrected chi connectivity index (χ4v) is 2.88. The molecule has 3 atom stereocenters. The summed E-state index contributed by atoms with van der Waals surface area (Å²) in [6.07, 6.45) is 0.315. The first kappa shape index (κ1) is 17.6. The highest BCUT2D eigenvalue weighted by molar-refractivity contribution is 6.04. The summed E-state index contributed by atoms with van der Waals surface area (Å²) in [5, 5.41) is 9.17. The van der Waals surface area contributed by atoms with Crippen molar-refractivity contribution >= 4 is 29.9 Å². The number of carbonyl (C=O) groups is 2. The van der Waals surface area contributed by atoms with Crippen molar-refractivity contribution in [3.8, 4) is 5.75 Å². The van der Waals surface area contributed by atoms with Gasteiger partial charge in [0.05, 0.1) is 11.3 Å². The Labute approximate surface area is 141 Å². The van der Waals surface area contributed by atoms with Gasteiger partial charge < -0.3 is 20.7 Å². The second kappa shape index (κ2) is 7.19. The van der Waals surface area contributed by atoms with Gasteiger partial charge in [-0.1, -0.05) is 13.0 Å². The molecule has 2 aliphatic heterocycles. The Morgan fingerprint density at radius 3 is 2.87 bits per heavy atom. The van der Waals surface area contributed by atoms with E-state index in [1.54, 1.807) is 25.1 Å². The van der Waals surface area contributed by atoms with Crippen LogP contribution in [0.3, 0.4) is 0 Å². The van der Waals surface area contributed by atoms with E-state index in [9.17, 15) is 9.59 Å². The van der Waals surface area contributed by atoms with E-state index >= 15 is 0 Å². The Morgan fingerprint density at radius 2 is 2.13 bits per heavy atom. The lowest BCUT2D eigenvalue weighted by Crippen LogP contribution is -2.48. The van der Waals surface area contributed by atoms with Gasteiger partial charge in [-0.15, -0.1) is 12.4 Å². The standard InChI is InChI=1S/C16H21N3O3.ClH/c1-9-8-17-7-6-12(9)18-16(21)11-4-3-5-13-14(11)22-10(2)15(20)19-13;/h3-5,9-10,12,17H,6-8H2,1-2H3,(H,18,21)(H,19,20);1H. The zero-order valence-electron chi connectivity index (χ0n) is 13.2. The number of hydrogen-bond donors (Lipinski definition) is 3. The van der Waals surface area contributed by atoms with E-state index < -0.39 is 6.10 Å². The van der Waals surface area contributed by atoms with Gasteiger partial charge in [0.1, 0.15) is 0 Å². The zero-order chi connectivity index (χ0) is 15.7. The molecule has 3 unspecified atom stereocenters. The number of benzene rings is 1. The molecule has 0 aromatic heterocycles. The summed E-state index contributed by atoms with van der Waals surface area (Å²) in [6, 6.07) is 5.37. The van der Waals surface area contributed by atoms with E-state index in [4.69, 9.17) is 4.74 Å². The van der Waals surface area contributed by atoms with E-state index in [1.807, 2.05) is 0 Å². The maximum atomic E-state index is 12.6. The van der Waals surface area contributed by atoms with Crippen LogP contribution in [0.1, 0.15) is 30.6 Å². The molecule has 3 rings (SSSR count). The van der Waals surface area contributed by atoms with E-state index in [0.29, 0.717) is 22.9 Å². The average Bonchev–Trinajstić information content (AvgIpc) is 2.50. The number of ether oxygens (including phenoxy) is 1. The van der Waals surface area contributed by atoms with Crippen LogP contribution in [-0.4, -0.2) is 37.0 Å². The van der Waals surface area contributed by atoms with Crippen LogP contribution < -0.4 is 20.7 Å². The van der Waals surface area contributed by atoms with Gasteiger partial charge in [-0.3, -0.25) is 9.59 Å². The van der Waals surface area contributed by atoms with Crippen molar-refractivity contribution < 1.29 is 14.3 Å². The molecule has 1 saturated heterocycles. The van der Waals surface area contributed by atoms with Gasteiger partial charge in [0.2, 0.25) is 0 Å².